The van der Waals surface area contributed by atoms with Gasteiger partial charge in [0.05, 0.1) is 22.9 Å². The van der Waals surface area contributed by atoms with E-state index in [-0.39, 0.29) is 0 Å². The highest BCUT2D eigenvalue weighted by Crippen LogP contribution is 2.38. The van der Waals surface area contributed by atoms with Crippen molar-refractivity contribution in [3.05, 3.63) is 64.2 Å². The molecule has 0 fully saturated rings. The number of rotatable bonds is 6. The van der Waals surface area contributed by atoms with Crippen molar-refractivity contribution in [3.8, 4) is 11.5 Å². The summed E-state index contributed by atoms with van der Waals surface area (Å²) in [5.41, 5.74) is 2.64. The third kappa shape index (κ3) is 4.06. The molecule has 0 aliphatic carbocycles. The molecule has 0 bridgehead atoms. The molecule has 0 spiro atoms. The standard InChI is InChI=1S/C20H18ClNO4/c1-3-24-18-11-15(9-16-13(2)22-26-20(16)23)10-17(21)19(18)25-12-14-7-5-4-6-8-14/h4-11H,3,12H2,1-2H3/b16-9-. The van der Waals surface area contributed by atoms with Crippen LogP contribution in [0, 0.1) is 0 Å². The summed E-state index contributed by atoms with van der Waals surface area (Å²) in [5.74, 6) is 0.503. The average molecular weight is 372 g/mol. The van der Waals surface area contributed by atoms with Crippen molar-refractivity contribution in [1.82, 2.24) is 0 Å². The number of benzene rings is 2. The van der Waals surface area contributed by atoms with Gasteiger partial charge in [-0.05, 0) is 43.2 Å². The normalized spacial score (nSPS) is 15.0. The third-order valence-corrected chi connectivity index (χ3v) is 4.02. The number of hydrogen-bond donors (Lipinski definition) is 0. The van der Waals surface area contributed by atoms with E-state index in [1.54, 1.807) is 25.1 Å². The first-order valence-corrected chi connectivity index (χ1v) is 8.57. The molecule has 0 unspecified atom stereocenters. The van der Waals surface area contributed by atoms with Gasteiger partial charge < -0.3 is 14.3 Å². The van der Waals surface area contributed by atoms with Crippen molar-refractivity contribution in [2.24, 2.45) is 5.16 Å². The van der Waals surface area contributed by atoms with Crippen molar-refractivity contribution in [2.75, 3.05) is 6.61 Å². The van der Waals surface area contributed by atoms with Crippen LogP contribution < -0.4 is 9.47 Å². The number of oxime groups is 1. The molecule has 0 radical (unpaired) electrons. The minimum absolute atomic E-state index is 0.374. The van der Waals surface area contributed by atoms with E-state index >= 15 is 0 Å². The summed E-state index contributed by atoms with van der Waals surface area (Å²) >= 11 is 6.41. The zero-order valence-electron chi connectivity index (χ0n) is 14.5. The van der Waals surface area contributed by atoms with Gasteiger partial charge in [0.2, 0.25) is 0 Å². The van der Waals surface area contributed by atoms with Gasteiger partial charge in [0.15, 0.2) is 11.5 Å². The molecule has 0 aromatic heterocycles. The molecule has 6 heteroatoms. The first kappa shape index (κ1) is 18.0. The second kappa shape index (κ2) is 8.06. The van der Waals surface area contributed by atoms with Gasteiger partial charge in [-0.3, -0.25) is 0 Å². The third-order valence-electron chi connectivity index (χ3n) is 3.74. The minimum Gasteiger partial charge on any atom is -0.490 e. The fourth-order valence-electron chi connectivity index (χ4n) is 2.49. The van der Waals surface area contributed by atoms with Crippen LogP contribution in [0.2, 0.25) is 5.02 Å². The molecule has 26 heavy (non-hydrogen) atoms. The average Bonchev–Trinajstić information content (AvgIpc) is 2.94. The number of halogens is 1. The van der Waals surface area contributed by atoms with Gasteiger partial charge in [-0.1, -0.05) is 47.1 Å². The fourth-order valence-corrected chi connectivity index (χ4v) is 2.76. The Balaban J connectivity index is 1.90. The quantitative estimate of drug-likeness (QED) is 0.548. The second-order valence-corrected chi connectivity index (χ2v) is 6.06. The highest BCUT2D eigenvalue weighted by Gasteiger charge is 2.22. The first-order chi connectivity index (χ1) is 12.6. The van der Waals surface area contributed by atoms with E-state index < -0.39 is 5.97 Å². The van der Waals surface area contributed by atoms with Crippen LogP contribution in [0.25, 0.3) is 6.08 Å². The largest absolute Gasteiger partial charge is 0.490 e. The maximum Gasteiger partial charge on any atom is 0.367 e. The molecular formula is C20H18ClNO4. The van der Waals surface area contributed by atoms with Crippen LogP contribution in [0.3, 0.4) is 0 Å². The molecule has 1 aliphatic heterocycles. The van der Waals surface area contributed by atoms with Crippen molar-refractivity contribution >= 4 is 29.4 Å². The number of carbonyl (C=O) groups is 1. The molecule has 0 saturated heterocycles. The van der Waals surface area contributed by atoms with Gasteiger partial charge in [0.1, 0.15) is 6.61 Å². The van der Waals surface area contributed by atoms with Crippen molar-refractivity contribution in [2.45, 2.75) is 20.5 Å². The molecule has 2 aromatic rings. The Morgan fingerprint density at radius 1 is 1.19 bits per heavy atom. The van der Waals surface area contributed by atoms with Crippen LogP contribution in [0.1, 0.15) is 25.0 Å². The minimum atomic E-state index is -0.485. The van der Waals surface area contributed by atoms with Gasteiger partial charge >= 0.3 is 5.97 Å². The lowest BCUT2D eigenvalue weighted by atomic mass is 10.1. The number of nitrogens with zero attached hydrogens (tertiary/aromatic N) is 1. The van der Waals surface area contributed by atoms with E-state index in [2.05, 4.69) is 9.99 Å². The molecule has 134 valence electrons. The monoisotopic (exact) mass is 371 g/mol. The van der Waals surface area contributed by atoms with E-state index in [0.717, 1.165) is 5.56 Å². The molecule has 0 N–H and O–H groups in total. The van der Waals surface area contributed by atoms with E-state index in [9.17, 15) is 4.79 Å². The number of hydrogen-bond acceptors (Lipinski definition) is 5. The molecule has 3 rings (SSSR count). The Labute approximate surface area is 156 Å². The highest BCUT2D eigenvalue weighted by atomic mass is 35.5. The van der Waals surface area contributed by atoms with Gasteiger partial charge in [-0.2, -0.15) is 0 Å². The maximum absolute atomic E-state index is 11.7. The zero-order valence-corrected chi connectivity index (χ0v) is 15.2. The van der Waals surface area contributed by atoms with Crippen molar-refractivity contribution in [1.29, 1.82) is 0 Å². The lowest BCUT2D eigenvalue weighted by molar-refractivity contribution is -0.136. The molecule has 0 saturated carbocycles. The van der Waals surface area contributed by atoms with E-state index in [1.807, 2.05) is 37.3 Å². The molecule has 1 heterocycles. The van der Waals surface area contributed by atoms with Crippen LogP contribution in [0.15, 0.2) is 53.2 Å². The smallest absolute Gasteiger partial charge is 0.367 e. The molecule has 0 amide bonds. The summed E-state index contributed by atoms with van der Waals surface area (Å²) in [4.78, 5) is 16.4. The topological polar surface area (TPSA) is 57.1 Å². The number of ether oxygens (including phenoxy) is 2. The maximum atomic E-state index is 11.7. The Kier molecular flexibility index (Phi) is 5.58. The zero-order chi connectivity index (χ0) is 18.5. The first-order valence-electron chi connectivity index (χ1n) is 8.19. The van der Waals surface area contributed by atoms with Gasteiger partial charge in [0.25, 0.3) is 0 Å². The van der Waals surface area contributed by atoms with Crippen molar-refractivity contribution in [3.63, 3.8) is 0 Å². The molecule has 2 aromatic carbocycles. The Morgan fingerprint density at radius 3 is 2.62 bits per heavy atom. The summed E-state index contributed by atoms with van der Waals surface area (Å²) < 4.78 is 11.6. The summed E-state index contributed by atoms with van der Waals surface area (Å²) in [7, 11) is 0. The van der Waals surface area contributed by atoms with Gasteiger partial charge in [0, 0.05) is 0 Å². The highest BCUT2D eigenvalue weighted by molar-refractivity contribution is 6.32. The SMILES string of the molecule is CCOc1cc(/C=C2\C(=O)ON=C2C)cc(Cl)c1OCc1ccccc1. The van der Waals surface area contributed by atoms with E-state index in [1.165, 1.54) is 0 Å². The Hall–Kier alpha value is -2.79. The Morgan fingerprint density at radius 2 is 1.96 bits per heavy atom. The summed E-state index contributed by atoms with van der Waals surface area (Å²) in [6.07, 6.45) is 1.67. The lowest BCUT2D eigenvalue weighted by Crippen LogP contribution is -2.03. The summed E-state index contributed by atoms with van der Waals surface area (Å²) in [5, 5.41) is 4.07. The van der Waals surface area contributed by atoms with Gasteiger partial charge in [-0.15, -0.1) is 0 Å². The number of carbonyl (C=O) groups excluding carboxylic acids is 1. The lowest BCUT2D eigenvalue weighted by Gasteiger charge is -2.14. The predicted molar refractivity (Wildman–Crippen MR) is 101 cm³/mol. The van der Waals surface area contributed by atoms with Crippen LogP contribution in [-0.4, -0.2) is 18.3 Å². The van der Waals surface area contributed by atoms with Gasteiger partial charge in [-0.25, -0.2) is 4.79 Å². The second-order valence-electron chi connectivity index (χ2n) is 5.65. The van der Waals surface area contributed by atoms with E-state index in [0.29, 0.717) is 46.6 Å². The predicted octanol–water partition coefficient (Wildman–Crippen LogP) is 4.63. The van der Waals surface area contributed by atoms with Crippen molar-refractivity contribution < 1.29 is 19.1 Å². The Bertz CT molecular complexity index is 875. The fraction of sp³-hybridized carbons (Fsp3) is 0.200. The van der Waals surface area contributed by atoms with Crippen LogP contribution in [0.5, 0.6) is 11.5 Å². The van der Waals surface area contributed by atoms with E-state index in [4.69, 9.17) is 21.1 Å². The molecule has 5 nitrogen and oxygen atoms in total. The van der Waals surface area contributed by atoms with Crippen LogP contribution >= 0.6 is 11.6 Å². The van der Waals surface area contributed by atoms with Crippen LogP contribution in [0.4, 0.5) is 0 Å². The molecule has 1 aliphatic rings. The summed E-state index contributed by atoms with van der Waals surface area (Å²) in [6, 6.07) is 13.3. The molecular weight excluding hydrogens is 354 g/mol. The molecule has 0 atom stereocenters. The summed E-state index contributed by atoms with van der Waals surface area (Å²) in [6.45, 7) is 4.42. The van der Waals surface area contributed by atoms with Crippen LogP contribution in [-0.2, 0) is 16.2 Å².